The van der Waals surface area contributed by atoms with Crippen molar-refractivity contribution in [1.29, 1.82) is 0 Å². The van der Waals surface area contributed by atoms with E-state index in [1.165, 1.54) is 12.8 Å². The minimum absolute atomic E-state index is 0.598. The number of aromatic nitrogens is 2. The van der Waals surface area contributed by atoms with E-state index in [2.05, 4.69) is 28.7 Å². The van der Waals surface area contributed by atoms with E-state index in [1.54, 1.807) is 0 Å². The second-order valence-corrected chi connectivity index (χ2v) is 5.07. The first kappa shape index (κ1) is 12.6. The molecule has 17 heavy (non-hydrogen) atoms. The van der Waals surface area contributed by atoms with Gasteiger partial charge in [0.2, 0.25) is 0 Å². The molecule has 0 unspecified atom stereocenters. The smallest absolute Gasteiger partial charge is 0.137 e. The van der Waals surface area contributed by atoms with Gasteiger partial charge in [-0.3, -0.25) is 0 Å². The molecule has 1 aromatic rings. The van der Waals surface area contributed by atoms with Crippen LogP contribution in [0.3, 0.4) is 0 Å². The molecule has 0 saturated heterocycles. The van der Waals surface area contributed by atoms with Gasteiger partial charge in [0.25, 0.3) is 0 Å². The molecule has 0 bridgehead atoms. The molecule has 1 saturated carbocycles. The molecule has 0 aliphatic heterocycles. The summed E-state index contributed by atoms with van der Waals surface area (Å²) in [7, 11) is 0. The SMILES string of the molecule is CCc1nc(Cl)c(C)c(N(CC)CC2CC2)n1. The Balaban J connectivity index is 2.29. The van der Waals surface area contributed by atoms with Gasteiger partial charge in [0.1, 0.15) is 16.8 Å². The summed E-state index contributed by atoms with van der Waals surface area (Å²) in [6.07, 6.45) is 3.54. The number of hydrogen-bond donors (Lipinski definition) is 0. The van der Waals surface area contributed by atoms with Crippen LogP contribution in [0.15, 0.2) is 0 Å². The molecule has 94 valence electrons. The fourth-order valence-electron chi connectivity index (χ4n) is 1.96. The maximum atomic E-state index is 6.17. The Morgan fingerprint density at radius 3 is 2.53 bits per heavy atom. The summed E-state index contributed by atoms with van der Waals surface area (Å²) < 4.78 is 0. The number of halogens is 1. The number of nitrogens with zero attached hydrogens (tertiary/aromatic N) is 3. The van der Waals surface area contributed by atoms with E-state index in [0.717, 1.165) is 42.6 Å². The minimum Gasteiger partial charge on any atom is -0.356 e. The van der Waals surface area contributed by atoms with Gasteiger partial charge in [0, 0.05) is 25.1 Å². The monoisotopic (exact) mass is 253 g/mol. The molecule has 0 aromatic carbocycles. The Morgan fingerprint density at radius 1 is 1.29 bits per heavy atom. The average molecular weight is 254 g/mol. The molecule has 3 nitrogen and oxygen atoms in total. The standard InChI is InChI=1S/C13H20ClN3/c1-4-11-15-12(14)9(3)13(16-11)17(5-2)8-10-6-7-10/h10H,4-8H2,1-3H3. The normalized spacial score (nSPS) is 15.1. The zero-order chi connectivity index (χ0) is 12.4. The quantitative estimate of drug-likeness (QED) is 0.755. The number of rotatable bonds is 5. The van der Waals surface area contributed by atoms with Crippen molar-refractivity contribution in [2.45, 2.75) is 40.0 Å². The van der Waals surface area contributed by atoms with Crippen LogP contribution in [0.5, 0.6) is 0 Å². The fourth-order valence-corrected chi connectivity index (χ4v) is 2.15. The molecular weight excluding hydrogens is 234 g/mol. The number of aryl methyl sites for hydroxylation is 1. The molecule has 1 aliphatic carbocycles. The zero-order valence-electron chi connectivity index (χ0n) is 10.8. The average Bonchev–Trinajstić information content (AvgIpc) is 3.13. The van der Waals surface area contributed by atoms with Gasteiger partial charge in [0.15, 0.2) is 0 Å². The van der Waals surface area contributed by atoms with Gasteiger partial charge >= 0.3 is 0 Å². The molecule has 0 atom stereocenters. The van der Waals surface area contributed by atoms with E-state index < -0.39 is 0 Å². The Morgan fingerprint density at radius 2 is 2.00 bits per heavy atom. The predicted octanol–water partition coefficient (Wildman–Crippen LogP) is 3.24. The minimum atomic E-state index is 0.598. The van der Waals surface area contributed by atoms with Crippen molar-refractivity contribution in [3.05, 3.63) is 16.5 Å². The fraction of sp³-hybridized carbons (Fsp3) is 0.692. The van der Waals surface area contributed by atoms with Crippen LogP contribution in [0.1, 0.15) is 38.1 Å². The van der Waals surface area contributed by atoms with Gasteiger partial charge in [-0.05, 0) is 32.6 Å². The van der Waals surface area contributed by atoms with Crippen LogP contribution in [0.2, 0.25) is 5.15 Å². The number of hydrogen-bond acceptors (Lipinski definition) is 3. The summed E-state index contributed by atoms with van der Waals surface area (Å²) in [4.78, 5) is 11.3. The van der Waals surface area contributed by atoms with Crippen LogP contribution in [0.4, 0.5) is 5.82 Å². The summed E-state index contributed by atoms with van der Waals surface area (Å²) in [5.41, 5.74) is 1.01. The summed E-state index contributed by atoms with van der Waals surface area (Å²) in [5, 5.41) is 0.598. The van der Waals surface area contributed by atoms with Gasteiger partial charge in [0.05, 0.1) is 0 Å². The molecule has 0 amide bonds. The largest absolute Gasteiger partial charge is 0.356 e. The van der Waals surface area contributed by atoms with Crippen LogP contribution in [0, 0.1) is 12.8 Å². The second kappa shape index (κ2) is 5.21. The summed E-state index contributed by atoms with van der Waals surface area (Å²) in [5.74, 6) is 2.72. The van der Waals surface area contributed by atoms with Gasteiger partial charge < -0.3 is 4.90 Å². The molecule has 1 aromatic heterocycles. The third-order valence-corrected chi connectivity index (χ3v) is 3.65. The van der Waals surface area contributed by atoms with Crippen LogP contribution < -0.4 is 4.90 Å². The zero-order valence-corrected chi connectivity index (χ0v) is 11.6. The lowest BCUT2D eigenvalue weighted by Crippen LogP contribution is -2.27. The predicted molar refractivity (Wildman–Crippen MR) is 71.8 cm³/mol. The summed E-state index contributed by atoms with van der Waals surface area (Å²) in [6.45, 7) is 8.32. The van der Waals surface area contributed by atoms with Crippen molar-refractivity contribution >= 4 is 17.4 Å². The Labute approximate surface area is 108 Å². The van der Waals surface area contributed by atoms with Crippen molar-refractivity contribution in [1.82, 2.24) is 9.97 Å². The molecule has 0 N–H and O–H groups in total. The van der Waals surface area contributed by atoms with E-state index in [9.17, 15) is 0 Å². The first-order valence-corrected chi connectivity index (χ1v) is 6.81. The van der Waals surface area contributed by atoms with Crippen molar-refractivity contribution in [3.8, 4) is 0 Å². The Kier molecular flexibility index (Phi) is 3.87. The first-order chi connectivity index (χ1) is 8.15. The van der Waals surface area contributed by atoms with Gasteiger partial charge in [-0.15, -0.1) is 0 Å². The highest BCUT2D eigenvalue weighted by Crippen LogP contribution is 2.32. The maximum Gasteiger partial charge on any atom is 0.137 e. The lowest BCUT2D eigenvalue weighted by atomic mass is 10.2. The Bertz CT molecular complexity index is 402. The van der Waals surface area contributed by atoms with Crippen molar-refractivity contribution in [2.75, 3.05) is 18.0 Å². The summed E-state index contributed by atoms with van der Waals surface area (Å²) >= 11 is 6.17. The third kappa shape index (κ3) is 2.89. The van der Waals surface area contributed by atoms with Crippen LogP contribution in [0.25, 0.3) is 0 Å². The lowest BCUT2D eigenvalue weighted by Gasteiger charge is -2.24. The van der Waals surface area contributed by atoms with Crippen LogP contribution >= 0.6 is 11.6 Å². The topological polar surface area (TPSA) is 29.0 Å². The van der Waals surface area contributed by atoms with Crippen LogP contribution in [-0.2, 0) is 6.42 Å². The number of anilines is 1. The molecule has 4 heteroatoms. The lowest BCUT2D eigenvalue weighted by molar-refractivity contribution is 0.722. The van der Waals surface area contributed by atoms with E-state index >= 15 is 0 Å². The van der Waals surface area contributed by atoms with Crippen molar-refractivity contribution < 1.29 is 0 Å². The van der Waals surface area contributed by atoms with E-state index in [1.807, 2.05) is 6.92 Å². The molecule has 0 radical (unpaired) electrons. The van der Waals surface area contributed by atoms with E-state index in [4.69, 9.17) is 11.6 Å². The summed E-state index contributed by atoms with van der Waals surface area (Å²) in [6, 6.07) is 0. The second-order valence-electron chi connectivity index (χ2n) is 4.71. The molecule has 0 spiro atoms. The third-order valence-electron chi connectivity index (χ3n) is 3.28. The molecule has 1 aliphatic rings. The van der Waals surface area contributed by atoms with Gasteiger partial charge in [-0.1, -0.05) is 18.5 Å². The first-order valence-electron chi connectivity index (χ1n) is 6.43. The van der Waals surface area contributed by atoms with E-state index in [-0.39, 0.29) is 0 Å². The highest BCUT2D eigenvalue weighted by atomic mass is 35.5. The highest BCUT2D eigenvalue weighted by molar-refractivity contribution is 6.30. The van der Waals surface area contributed by atoms with Gasteiger partial charge in [-0.25, -0.2) is 9.97 Å². The van der Waals surface area contributed by atoms with Crippen molar-refractivity contribution in [2.24, 2.45) is 5.92 Å². The van der Waals surface area contributed by atoms with Crippen LogP contribution in [-0.4, -0.2) is 23.1 Å². The maximum absolute atomic E-state index is 6.17. The Hall–Kier alpha value is -0.830. The molecule has 1 heterocycles. The van der Waals surface area contributed by atoms with Gasteiger partial charge in [-0.2, -0.15) is 0 Å². The highest BCUT2D eigenvalue weighted by Gasteiger charge is 2.25. The van der Waals surface area contributed by atoms with E-state index in [0.29, 0.717) is 5.15 Å². The molecule has 2 rings (SSSR count). The molecular formula is C13H20ClN3. The molecule has 1 fully saturated rings. The van der Waals surface area contributed by atoms with Crippen molar-refractivity contribution in [3.63, 3.8) is 0 Å².